The molecule has 0 fully saturated rings. The van der Waals surface area contributed by atoms with E-state index in [-0.39, 0.29) is 5.56 Å². The summed E-state index contributed by atoms with van der Waals surface area (Å²) < 4.78 is 3.60. The predicted molar refractivity (Wildman–Crippen MR) is 115 cm³/mol. The molecule has 5 nitrogen and oxygen atoms in total. The molecule has 3 aromatic rings. The lowest BCUT2D eigenvalue weighted by Gasteiger charge is -2.16. The first-order chi connectivity index (χ1) is 12.3. The van der Waals surface area contributed by atoms with Crippen LogP contribution in [0, 0.1) is 24.3 Å². The van der Waals surface area contributed by atoms with Gasteiger partial charge in [-0.2, -0.15) is 5.10 Å². The lowest BCUT2D eigenvalue weighted by Crippen LogP contribution is -2.07. The van der Waals surface area contributed by atoms with Crippen LogP contribution in [0.2, 0.25) is 0 Å². The third-order valence-corrected chi connectivity index (χ3v) is 5.32. The number of rotatable bonds is 4. The molecule has 7 heteroatoms. The van der Waals surface area contributed by atoms with Gasteiger partial charge < -0.3 is 10.4 Å². The van der Waals surface area contributed by atoms with Gasteiger partial charge in [0.25, 0.3) is 0 Å². The Morgan fingerprint density at radius 3 is 2.46 bits per heavy atom. The number of halogens is 2. The molecule has 2 N–H and O–H groups in total. The number of aryl methyl sites for hydroxylation is 3. The summed E-state index contributed by atoms with van der Waals surface area (Å²) in [6.45, 7) is 5.89. The molecule has 0 amide bonds. The smallest absolute Gasteiger partial charge is 0.337 e. The molecule has 1 heterocycles. The average Bonchev–Trinajstić information content (AvgIpc) is 2.89. The quantitative estimate of drug-likeness (QED) is 0.435. The molecule has 0 aliphatic carbocycles. The Morgan fingerprint density at radius 2 is 1.88 bits per heavy atom. The Morgan fingerprint density at radius 1 is 1.15 bits per heavy atom. The molecule has 1 aromatic heterocycles. The topological polar surface area (TPSA) is 67.2 Å². The fraction of sp³-hybridized carbons (Fsp3) is 0.158. The van der Waals surface area contributed by atoms with Gasteiger partial charge in [0.2, 0.25) is 0 Å². The van der Waals surface area contributed by atoms with Crippen molar-refractivity contribution in [1.29, 1.82) is 0 Å². The van der Waals surface area contributed by atoms with Crippen LogP contribution in [0.5, 0.6) is 0 Å². The van der Waals surface area contributed by atoms with Gasteiger partial charge in [-0.25, -0.2) is 9.48 Å². The summed E-state index contributed by atoms with van der Waals surface area (Å²) in [6.07, 6.45) is 0. The van der Waals surface area contributed by atoms with E-state index in [9.17, 15) is 9.90 Å². The maximum absolute atomic E-state index is 11.7. The summed E-state index contributed by atoms with van der Waals surface area (Å²) in [5, 5.41) is 17.4. The molecule has 0 spiro atoms. The molecule has 3 rings (SSSR count). The number of benzene rings is 2. The molecule has 0 aliphatic rings. The van der Waals surface area contributed by atoms with E-state index in [1.165, 1.54) is 0 Å². The number of nitrogens with one attached hydrogen (secondary N) is 1. The molecule has 0 atom stereocenters. The van der Waals surface area contributed by atoms with Crippen molar-refractivity contribution in [1.82, 2.24) is 9.78 Å². The van der Waals surface area contributed by atoms with Gasteiger partial charge >= 0.3 is 5.97 Å². The Hall–Kier alpha value is -1.87. The molecule has 0 saturated heterocycles. The second-order valence-corrected chi connectivity index (χ2v) is 8.18. The largest absolute Gasteiger partial charge is 0.478 e. The number of aromatic nitrogens is 2. The van der Waals surface area contributed by atoms with E-state index in [4.69, 9.17) is 0 Å². The average molecular weight is 526 g/mol. The van der Waals surface area contributed by atoms with Crippen molar-refractivity contribution in [2.24, 2.45) is 0 Å². The van der Waals surface area contributed by atoms with Crippen molar-refractivity contribution in [2.45, 2.75) is 20.8 Å². The standard InChI is InChI=1S/C19H17BrIN3O2/c1-10-6-13(21)4-5-16(10)22-17-9-18(15(20)8-14(17)19(25)26)24-12(3)7-11(2)23-24/h4-9,22H,1-3H3,(H,25,26). The van der Waals surface area contributed by atoms with Crippen LogP contribution in [0.25, 0.3) is 5.69 Å². The van der Waals surface area contributed by atoms with E-state index in [0.717, 1.165) is 31.9 Å². The molecular formula is C19H17BrIN3O2. The first kappa shape index (κ1) is 18.9. The van der Waals surface area contributed by atoms with Crippen LogP contribution in [0.15, 0.2) is 40.9 Å². The van der Waals surface area contributed by atoms with Gasteiger partial charge in [-0.3, -0.25) is 0 Å². The van der Waals surface area contributed by atoms with Gasteiger partial charge in [-0.05, 0) is 101 Å². The lowest BCUT2D eigenvalue weighted by atomic mass is 10.1. The number of carboxylic acid groups (broad SMARTS) is 1. The van der Waals surface area contributed by atoms with Gasteiger partial charge in [0.05, 0.1) is 22.6 Å². The van der Waals surface area contributed by atoms with E-state index in [1.54, 1.807) is 10.7 Å². The second-order valence-electron chi connectivity index (χ2n) is 6.08. The van der Waals surface area contributed by atoms with E-state index in [1.807, 2.05) is 51.1 Å². The Kier molecular flexibility index (Phi) is 5.38. The summed E-state index contributed by atoms with van der Waals surface area (Å²) in [5.41, 5.74) is 5.29. The SMILES string of the molecule is Cc1cc(C)n(-c2cc(Nc3ccc(I)cc3C)c(C(=O)O)cc2Br)n1. The molecular weight excluding hydrogens is 509 g/mol. The van der Waals surface area contributed by atoms with E-state index >= 15 is 0 Å². The molecule has 0 aliphatic heterocycles. The molecule has 0 unspecified atom stereocenters. The lowest BCUT2D eigenvalue weighted by molar-refractivity contribution is 0.0698. The number of carbonyl (C=O) groups is 1. The summed E-state index contributed by atoms with van der Waals surface area (Å²) in [6, 6.07) is 11.4. The van der Waals surface area contributed by atoms with Gasteiger partial charge in [-0.15, -0.1) is 0 Å². The fourth-order valence-electron chi connectivity index (χ4n) is 2.79. The predicted octanol–water partition coefficient (Wildman–Crippen LogP) is 5.61. The maximum atomic E-state index is 11.7. The second kappa shape index (κ2) is 7.40. The zero-order valence-corrected chi connectivity index (χ0v) is 18.2. The van der Waals surface area contributed by atoms with Gasteiger partial charge in [0.15, 0.2) is 0 Å². The molecule has 26 heavy (non-hydrogen) atoms. The Labute approximate surface area is 173 Å². The molecule has 0 bridgehead atoms. The molecule has 2 aromatic carbocycles. The van der Waals surface area contributed by atoms with Crippen molar-refractivity contribution in [3.05, 3.63) is 67.0 Å². The van der Waals surface area contributed by atoms with Crippen LogP contribution in [0.1, 0.15) is 27.3 Å². The van der Waals surface area contributed by atoms with E-state index in [0.29, 0.717) is 10.2 Å². The van der Waals surface area contributed by atoms with Gasteiger partial charge in [0, 0.05) is 19.4 Å². The fourth-order valence-corrected chi connectivity index (χ4v) is 3.95. The highest BCUT2D eigenvalue weighted by atomic mass is 127. The number of anilines is 2. The third kappa shape index (κ3) is 3.78. The maximum Gasteiger partial charge on any atom is 0.337 e. The zero-order valence-electron chi connectivity index (χ0n) is 14.5. The van der Waals surface area contributed by atoms with Crippen molar-refractivity contribution >= 4 is 55.9 Å². The summed E-state index contributed by atoms with van der Waals surface area (Å²) >= 11 is 5.74. The Bertz CT molecular complexity index is 1010. The zero-order chi connectivity index (χ0) is 19.0. The first-order valence-corrected chi connectivity index (χ1v) is 9.77. The number of carboxylic acids is 1. The highest BCUT2D eigenvalue weighted by molar-refractivity contribution is 14.1. The van der Waals surface area contributed by atoms with Crippen molar-refractivity contribution in [2.75, 3.05) is 5.32 Å². The minimum absolute atomic E-state index is 0.195. The molecule has 134 valence electrons. The normalized spacial score (nSPS) is 10.8. The number of aromatic carboxylic acids is 1. The van der Waals surface area contributed by atoms with Crippen LogP contribution in [-0.2, 0) is 0 Å². The molecule has 0 radical (unpaired) electrons. The van der Waals surface area contributed by atoms with Crippen molar-refractivity contribution < 1.29 is 9.90 Å². The summed E-state index contributed by atoms with van der Waals surface area (Å²) in [5.74, 6) is -0.990. The first-order valence-electron chi connectivity index (χ1n) is 7.90. The highest BCUT2D eigenvalue weighted by Crippen LogP contribution is 2.32. The van der Waals surface area contributed by atoms with E-state index < -0.39 is 5.97 Å². The molecule has 0 saturated carbocycles. The minimum Gasteiger partial charge on any atom is -0.478 e. The van der Waals surface area contributed by atoms with Crippen LogP contribution in [0.4, 0.5) is 11.4 Å². The Balaban J connectivity index is 2.14. The highest BCUT2D eigenvalue weighted by Gasteiger charge is 2.17. The van der Waals surface area contributed by atoms with Crippen LogP contribution >= 0.6 is 38.5 Å². The number of hydrogen-bond donors (Lipinski definition) is 2. The van der Waals surface area contributed by atoms with Crippen molar-refractivity contribution in [3.63, 3.8) is 0 Å². The summed E-state index contributed by atoms with van der Waals surface area (Å²) in [7, 11) is 0. The van der Waals surface area contributed by atoms with E-state index in [2.05, 4.69) is 48.9 Å². The van der Waals surface area contributed by atoms with Crippen LogP contribution in [-0.4, -0.2) is 20.9 Å². The number of nitrogens with zero attached hydrogens (tertiary/aromatic N) is 2. The minimum atomic E-state index is -0.990. The van der Waals surface area contributed by atoms with Crippen LogP contribution in [0.3, 0.4) is 0 Å². The van der Waals surface area contributed by atoms with Crippen molar-refractivity contribution in [3.8, 4) is 5.69 Å². The number of hydrogen-bond acceptors (Lipinski definition) is 3. The third-order valence-electron chi connectivity index (χ3n) is 4.01. The monoisotopic (exact) mass is 525 g/mol. The van der Waals surface area contributed by atoms with Gasteiger partial charge in [-0.1, -0.05) is 0 Å². The summed E-state index contributed by atoms with van der Waals surface area (Å²) in [4.78, 5) is 11.7. The van der Waals surface area contributed by atoms with Crippen LogP contribution < -0.4 is 5.32 Å². The van der Waals surface area contributed by atoms with Gasteiger partial charge in [0.1, 0.15) is 0 Å².